The van der Waals surface area contributed by atoms with Crippen LogP contribution < -0.4 is 11.5 Å². The van der Waals surface area contributed by atoms with Crippen LogP contribution in [0.4, 0.5) is 19.0 Å². The standard InChI is InChI=1S/C12H15F3N4O/c1-10(7-4-3-5-8(16)18-7)6-20-11(2,9(17)19-10)12(13,14)15/h3-5H,6H2,1-2H3,(H2,16,18)(H2,17,19)/t10-,11-/m1/s1. The maximum absolute atomic E-state index is 13.0. The van der Waals surface area contributed by atoms with E-state index in [1.54, 1.807) is 25.1 Å². The highest BCUT2D eigenvalue weighted by Gasteiger charge is 2.59. The van der Waals surface area contributed by atoms with Crippen molar-refractivity contribution >= 4 is 11.7 Å². The number of hydrogen-bond donors (Lipinski definition) is 2. The first-order valence-electron chi connectivity index (χ1n) is 5.88. The number of ether oxygens (including phenoxy) is 1. The number of pyridine rings is 1. The predicted octanol–water partition coefficient (Wildman–Crippen LogP) is 1.59. The predicted molar refractivity (Wildman–Crippen MR) is 68.0 cm³/mol. The lowest BCUT2D eigenvalue weighted by atomic mass is 9.93. The lowest BCUT2D eigenvalue weighted by molar-refractivity contribution is -0.249. The fourth-order valence-corrected chi connectivity index (χ4v) is 1.87. The highest BCUT2D eigenvalue weighted by Crippen LogP contribution is 2.40. The van der Waals surface area contributed by atoms with Gasteiger partial charge in [-0.2, -0.15) is 13.2 Å². The van der Waals surface area contributed by atoms with E-state index in [4.69, 9.17) is 16.2 Å². The minimum Gasteiger partial charge on any atom is -0.385 e. The van der Waals surface area contributed by atoms with Crippen LogP contribution in [0.5, 0.6) is 0 Å². The van der Waals surface area contributed by atoms with Crippen molar-refractivity contribution in [3.8, 4) is 0 Å². The van der Waals surface area contributed by atoms with Crippen molar-refractivity contribution in [2.45, 2.75) is 31.2 Å². The molecule has 2 heterocycles. The van der Waals surface area contributed by atoms with E-state index in [0.29, 0.717) is 5.69 Å². The molecule has 2 atom stereocenters. The normalized spacial score (nSPS) is 30.9. The van der Waals surface area contributed by atoms with Crippen molar-refractivity contribution in [2.24, 2.45) is 10.7 Å². The van der Waals surface area contributed by atoms with Gasteiger partial charge in [-0.25, -0.2) is 4.98 Å². The van der Waals surface area contributed by atoms with Crippen LogP contribution in [0.1, 0.15) is 19.5 Å². The molecule has 4 N–H and O–H groups in total. The fourth-order valence-electron chi connectivity index (χ4n) is 1.87. The summed E-state index contributed by atoms with van der Waals surface area (Å²) in [5, 5.41) is 0. The number of nitrogen functional groups attached to an aromatic ring is 1. The third-order valence-electron chi connectivity index (χ3n) is 3.36. The molecule has 1 aliphatic rings. The fraction of sp³-hybridized carbons (Fsp3) is 0.500. The Bertz CT molecular complexity index is 560. The Hall–Kier alpha value is -1.83. The molecule has 0 radical (unpaired) electrons. The average molecular weight is 288 g/mol. The van der Waals surface area contributed by atoms with Gasteiger partial charge < -0.3 is 16.2 Å². The molecule has 8 heteroatoms. The van der Waals surface area contributed by atoms with Gasteiger partial charge in [-0.15, -0.1) is 0 Å². The Kier molecular flexibility index (Phi) is 3.16. The van der Waals surface area contributed by atoms with Gasteiger partial charge in [0, 0.05) is 0 Å². The average Bonchev–Trinajstić information content (AvgIpc) is 2.33. The van der Waals surface area contributed by atoms with Gasteiger partial charge in [0.05, 0.1) is 12.3 Å². The van der Waals surface area contributed by atoms with E-state index < -0.39 is 23.2 Å². The molecule has 0 amide bonds. The number of alkyl halides is 3. The van der Waals surface area contributed by atoms with Crippen LogP contribution >= 0.6 is 0 Å². The molecule has 1 aromatic heterocycles. The van der Waals surface area contributed by atoms with E-state index in [9.17, 15) is 13.2 Å². The summed E-state index contributed by atoms with van der Waals surface area (Å²) >= 11 is 0. The molecule has 20 heavy (non-hydrogen) atoms. The number of nitrogens with two attached hydrogens (primary N) is 2. The Balaban J connectivity index is 2.44. The second-order valence-electron chi connectivity index (χ2n) is 5.04. The largest absolute Gasteiger partial charge is 0.424 e. The van der Waals surface area contributed by atoms with Crippen molar-refractivity contribution in [1.29, 1.82) is 0 Å². The molecule has 0 saturated carbocycles. The molecular formula is C12H15F3N4O. The third-order valence-corrected chi connectivity index (χ3v) is 3.36. The van der Waals surface area contributed by atoms with Crippen LogP contribution in [0.15, 0.2) is 23.2 Å². The highest BCUT2D eigenvalue weighted by atomic mass is 19.4. The Morgan fingerprint density at radius 3 is 2.40 bits per heavy atom. The minimum absolute atomic E-state index is 0.252. The van der Waals surface area contributed by atoms with Gasteiger partial charge >= 0.3 is 6.18 Å². The van der Waals surface area contributed by atoms with Gasteiger partial charge in [-0.05, 0) is 26.0 Å². The summed E-state index contributed by atoms with van der Waals surface area (Å²) in [5.41, 5.74) is 7.80. The highest BCUT2D eigenvalue weighted by molar-refractivity contribution is 5.90. The number of aromatic nitrogens is 1. The molecule has 5 nitrogen and oxygen atoms in total. The SMILES string of the molecule is C[C@]1(c2cccc(N)n2)CO[C@@](C)(C(F)(F)F)C(N)=N1. The first-order chi connectivity index (χ1) is 9.08. The zero-order chi connectivity index (χ0) is 15.2. The van der Waals surface area contributed by atoms with Crippen LogP contribution in [0.3, 0.4) is 0 Å². The van der Waals surface area contributed by atoms with Gasteiger partial charge in [0.25, 0.3) is 0 Å². The molecule has 0 aromatic carbocycles. The number of amidine groups is 1. The summed E-state index contributed by atoms with van der Waals surface area (Å²) in [4.78, 5) is 8.04. The number of rotatable bonds is 1. The molecule has 0 unspecified atom stereocenters. The van der Waals surface area contributed by atoms with Crippen LogP contribution in [0, 0.1) is 0 Å². The Labute approximate surface area is 113 Å². The number of anilines is 1. The van der Waals surface area contributed by atoms with E-state index in [2.05, 4.69) is 9.98 Å². The minimum atomic E-state index is -4.63. The first kappa shape index (κ1) is 14.6. The summed E-state index contributed by atoms with van der Waals surface area (Å²) in [5.74, 6) is -0.371. The maximum Gasteiger partial charge on any atom is 0.424 e. The van der Waals surface area contributed by atoms with Crippen LogP contribution in [0.25, 0.3) is 0 Å². The Morgan fingerprint density at radius 1 is 1.25 bits per heavy atom. The van der Waals surface area contributed by atoms with Crippen molar-refractivity contribution in [3.05, 3.63) is 23.9 Å². The lowest BCUT2D eigenvalue weighted by Crippen LogP contribution is -2.60. The van der Waals surface area contributed by atoms with Gasteiger partial charge in [-0.3, -0.25) is 4.99 Å². The van der Waals surface area contributed by atoms with E-state index in [-0.39, 0.29) is 12.4 Å². The van der Waals surface area contributed by atoms with Crippen LogP contribution in [-0.2, 0) is 10.3 Å². The zero-order valence-electron chi connectivity index (χ0n) is 11.0. The summed E-state index contributed by atoms with van der Waals surface area (Å²) in [6.45, 7) is 2.16. The van der Waals surface area contributed by atoms with Crippen molar-refractivity contribution in [3.63, 3.8) is 0 Å². The van der Waals surface area contributed by atoms with Gasteiger partial charge in [0.2, 0.25) is 5.60 Å². The molecule has 110 valence electrons. The maximum atomic E-state index is 13.0. The molecule has 0 saturated heterocycles. The number of hydrogen-bond acceptors (Lipinski definition) is 5. The molecule has 0 fully saturated rings. The summed E-state index contributed by atoms with van der Waals surface area (Å²) < 4.78 is 43.9. The molecule has 1 aliphatic heterocycles. The quantitative estimate of drug-likeness (QED) is 0.821. The monoisotopic (exact) mass is 288 g/mol. The number of aliphatic imine (C=N–C) groups is 1. The van der Waals surface area contributed by atoms with Crippen molar-refractivity contribution in [2.75, 3.05) is 12.3 Å². The zero-order valence-corrected chi connectivity index (χ0v) is 11.0. The van der Waals surface area contributed by atoms with Gasteiger partial charge in [0.1, 0.15) is 17.2 Å². The summed E-state index contributed by atoms with van der Waals surface area (Å²) in [6.07, 6.45) is -4.63. The summed E-state index contributed by atoms with van der Waals surface area (Å²) in [7, 11) is 0. The molecular weight excluding hydrogens is 273 g/mol. The third kappa shape index (κ3) is 2.20. The summed E-state index contributed by atoms with van der Waals surface area (Å²) in [6, 6.07) is 4.84. The number of halogens is 3. The second-order valence-corrected chi connectivity index (χ2v) is 5.04. The van der Waals surface area contributed by atoms with E-state index >= 15 is 0 Å². The molecule has 0 spiro atoms. The molecule has 1 aromatic rings. The first-order valence-corrected chi connectivity index (χ1v) is 5.88. The van der Waals surface area contributed by atoms with Gasteiger partial charge in [-0.1, -0.05) is 6.07 Å². The van der Waals surface area contributed by atoms with Crippen LogP contribution in [-0.4, -0.2) is 29.2 Å². The van der Waals surface area contributed by atoms with Crippen molar-refractivity contribution in [1.82, 2.24) is 4.98 Å². The molecule has 0 bridgehead atoms. The van der Waals surface area contributed by atoms with Gasteiger partial charge in [0.15, 0.2) is 0 Å². The van der Waals surface area contributed by atoms with E-state index in [1.807, 2.05) is 0 Å². The Morgan fingerprint density at radius 2 is 1.90 bits per heavy atom. The van der Waals surface area contributed by atoms with E-state index in [1.165, 1.54) is 0 Å². The van der Waals surface area contributed by atoms with Crippen LogP contribution in [0.2, 0.25) is 0 Å². The van der Waals surface area contributed by atoms with E-state index in [0.717, 1.165) is 6.92 Å². The molecule has 2 rings (SSSR count). The lowest BCUT2D eigenvalue weighted by Gasteiger charge is -2.40. The topological polar surface area (TPSA) is 86.5 Å². The van der Waals surface area contributed by atoms with Crippen molar-refractivity contribution < 1.29 is 17.9 Å². The second kappa shape index (κ2) is 4.34. The number of nitrogens with zero attached hydrogens (tertiary/aromatic N) is 2. The smallest absolute Gasteiger partial charge is 0.385 e. The molecule has 0 aliphatic carbocycles.